The Kier molecular flexibility index (Phi) is 6.28. The highest BCUT2D eigenvalue weighted by atomic mass is 35.5. The van der Waals surface area contributed by atoms with Gasteiger partial charge in [-0.2, -0.15) is 0 Å². The first kappa shape index (κ1) is 21.7. The smallest absolute Gasteiger partial charge is 0.248 e. The number of nitrogens with one attached hydrogen (secondary N) is 1. The maximum absolute atomic E-state index is 13.4. The molecule has 0 spiro atoms. The molecule has 6 heteroatoms. The van der Waals surface area contributed by atoms with Gasteiger partial charge in [-0.15, -0.1) is 0 Å². The van der Waals surface area contributed by atoms with Crippen LogP contribution in [-0.2, 0) is 4.79 Å². The summed E-state index contributed by atoms with van der Waals surface area (Å²) >= 11 is 5.99. The lowest BCUT2D eigenvalue weighted by molar-refractivity contribution is -0.111. The summed E-state index contributed by atoms with van der Waals surface area (Å²) in [6, 6.07) is 16.9. The highest BCUT2D eigenvalue weighted by Gasteiger charge is 2.15. The molecule has 3 aromatic carbocycles. The van der Waals surface area contributed by atoms with Gasteiger partial charge in [-0.25, -0.2) is 4.39 Å². The molecule has 0 saturated carbocycles. The normalized spacial score (nSPS) is 11.6. The van der Waals surface area contributed by atoms with Gasteiger partial charge in [0.1, 0.15) is 17.1 Å². The van der Waals surface area contributed by atoms with E-state index >= 15 is 0 Å². The monoisotopic (exact) mass is 449 g/mol. The molecule has 1 heterocycles. The highest BCUT2D eigenvalue weighted by Crippen LogP contribution is 2.37. The Labute approximate surface area is 190 Å². The van der Waals surface area contributed by atoms with Gasteiger partial charge in [-0.3, -0.25) is 4.79 Å². The molecule has 162 valence electrons. The van der Waals surface area contributed by atoms with E-state index in [2.05, 4.69) is 5.32 Å². The van der Waals surface area contributed by atoms with Crippen molar-refractivity contribution in [2.24, 2.45) is 0 Å². The largest absolute Gasteiger partial charge is 0.493 e. The average Bonchev–Trinajstić information content (AvgIpc) is 3.16. The summed E-state index contributed by atoms with van der Waals surface area (Å²) in [4.78, 5) is 12.6. The number of hydrogen-bond acceptors (Lipinski definition) is 3. The molecule has 0 radical (unpaired) electrons. The molecular formula is C26H21ClFNO3. The summed E-state index contributed by atoms with van der Waals surface area (Å²) < 4.78 is 24.9. The Balaban J connectivity index is 1.72. The SMILES string of the molecule is CCOc1cc2occ(-c3ccc(F)cc3)c2cc1/C(C)=C/C(=O)Nc1cccc(Cl)c1. The summed E-state index contributed by atoms with van der Waals surface area (Å²) in [5, 5.41) is 4.20. The van der Waals surface area contributed by atoms with Crippen LogP contribution in [0.1, 0.15) is 19.4 Å². The number of furan rings is 1. The zero-order valence-corrected chi connectivity index (χ0v) is 18.4. The van der Waals surface area contributed by atoms with Crippen LogP contribution in [0.25, 0.3) is 27.7 Å². The van der Waals surface area contributed by atoms with Crippen molar-refractivity contribution in [1.82, 2.24) is 0 Å². The van der Waals surface area contributed by atoms with Crippen LogP contribution in [0.15, 0.2) is 77.4 Å². The van der Waals surface area contributed by atoms with Crippen molar-refractivity contribution >= 4 is 39.7 Å². The maximum atomic E-state index is 13.4. The van der Waals surface area contributed by atoms with Gasteiger partial charge in [0, 0.05) is 39.4 Å². The van der Waals surface area contributed by atoms with Crippen molar-refractivity contribution in [2.45, 2.75) is 13.8 Å². The third kappa shape index (κ3) is 4.68. The third-order valence-corrected chi connectivity index (χ3v) is 5.23. The Hall–Kier alpha value is -3.57. The summed E-state index contributed by atoms with van der Waals surface area (Å²) in [5.41, 5.74) is 4.42. The molecule has 0 saturated heterocycles. The lowest BCUT2D eigenvalue weighted by atomic mass is 9.99. The predicted molar refractivity (Wildman–Crippen MR) is 127 cm³/mol. The number of anilines is 1. The average molecular weight is 450 g/mol. The fourth-order valence-corrected chi connectivity index (χ4v) is 3.70. The molecular weight excluding hydrogens is 429 g/mol. The third-order valence-electron chi connectivity index (χ3n) is 5.00. The summed E-state index contributed by atoms with van der Waals surface area (Å²) in [5.74, 6) is 0.0351. The van der Waals surface area contributed by atoms with Gasteiger partial charge in [0.2, 0.25) is 5.91 Å². The standard InChI is InChI=1S/C26H21ClFNO3/c1-3-31-24-14-25-22(23(15-32-25)17-7-9-19(28)10-8-17)13-21(24)16(2)11-26(30)29-20-6-4-5-18(27)12-20/h4-15H,3H2,1-2H3,(H,29,30)/b16-11+. The van der Waals surface area contributed by atoms with E-state index in [0.717, 1.165) is 27.6 Å². The molecule has 4 nitrogen and oxygen atoms in total. The number of allylic oxidation sites excluding steroid dienone is 1. The molecule has 0 aliphatic carbocycles. The van der Waals surface area contributed by atoms with Gasteiger partial charge in [-0.05, 0) is 61.4 Å². The van der Waals surface area contributed by atoms with Crippen molar-refractivity contribution < 1.29 is 18.3 Å². The molecule has 0 bridgehead atoms. The van der Waals surface area contributed by atoms with E-state index in [0.29, 0.717) is 28.6 Å². The van der Waals surface area contributed by atoms with Crippen LogP contribution >= 0.6 is 11.6 Å². The van der Waals surface area contributed by atoms with Crippen molar-refractivity contribution in [3.63, 3.8) is 0 Å². The van der Waals surface area contributed by atoms with E-state index in [1.165, 1.54) is 18.2 Å². The zero-order chi connectivity index (χ0) is 22.7. The van der Waals surface area contributed by atoms with Gasteiger partial charge in [0.25, 0.3) is 0 Å². The van der Waals surface area contributed by atoms with Crippen molar-refractivity contribution in [3.05, 3.63) is 89.4 Å². The van der Waals surface area contributed by atoms with E-state index in [9.17, 15) is 9.18 Å². The Morgan fingerprint density at radius 2 is 1.94 bits per heavy atom. The minimum atomic E-state index is -0.301. The van der Waals surface area contributed by atoms with Gasteiger partial charge < -0.3 is 14.5 Å². The molecule has 32 heavy (non-hydrogen) atoms. The number of amides is 1. The van der Waals surface area contributed by atoms with Crippen LogP contribution in [-0.4, -0.2) is 12.5 Å². The van der Waals surface area contributed by atoms with Crippen LogP contribution in [0.5, 0.6) is 5.75 Å². The predicted octanol–water partition coefficient (Wildman–Crippen LogP) is 7.33. The van der Waals surface area contributed by atoms with Gasteiger partial charge in [0.15, 0.2) is 0 Å². The van der Waals surface area contributed by atoms with Crippen LogP contribution in [0.2, 0.25) is 5.02 Å². The molecule has 0 fully saturated rings. The van der Waals surface area contributed by atoms with E-state index in [-0.39, 0.29) is 11.7 Å². The molecule has 0 atom stereocenters. The number of carbonyl (C=O) groups excluding carboxylic acids is 1. The summed E-state index contributed by atoms with van der Waals surface area (Å²) in [6.07, 6.45) is 3.16. The second-order valence-electron chi connectivity index (χ2n) is 7.26. The van der Waals surface area contributed by atoms with Crippen molar-refractivity contribution in [3.8, 4) is 16.9 Å². The number of halogens is 2. The van der Waals surface area contributed by atoms with Gasteiger partial charge in [0.05, 0.1) is 12.9 Å². The van der Waals surface area contributed by atoms with Gasteiger partial charge >= 0.3 is 0 Å². The molecule has 1 aromatic heterocycles. The number of benzene rings is 3. The fraction of sp³-hybridized carbons (Fsp3) is 0.115. The Morgan fingerprint density at radius 3 is 2.66 bits per heavy atom. The molecule has 4 rings (SSSR count). The number of carbonyl (C=O) groups is 1. The number of ether oxygens (including phenoxy) is 1. The Bertz CT molecular complexity index is 1310. The lowest BCUT2D eigenvalue weighted by Gasteiger charge is -2.12. The van der Waals surface area contributed by atoms with Crippen LogP contribution < -0.4 is 10.1 Å². The van der Waals surface area contributed by atoms with E-state index in [1.54, 1.807) is 42.7 Å². The Morgan fingerprint density at radius 1 is 1.16 bits per heavy atom. The second-order valence-corrected chi connectivity index (χ2v) is 7.70. The first-order valence-electron chi connectivity index (χ1n) is 10.1. The van der Waals surface area contributed by atoms with Crippen molar-refractivity contribution in [1.29, 1.82) is 0 Å². The topological polar surface area (TPSA) is 51.5 Å². The van der Waals surface area contributed by atoms with E-state index in [4.69, 9.17) is 20.8 Å². The molecule has 1 amide bonds. The van der Waals surface area contributed by atoms with E-state index < -0.39 is 0 Å². The minimum absolute atomic E-state index is 0.279. The van der Waals surface area contributed by atoms with Crippen molar-refractivity contribution in [2.75, 3.05) is 11.9 Å². The first-order valence-corrected chi connectivity index (χ1v) is 10.5. The first-order chi connectivity index (χ1) is 15.4. The number of fused-ring (bicyclic) bond motifs is 1. The molecule has 4 aromatic rings. The lowest BCUT2D eigenvalue weighted by Crippen LogP contribution is -2.08. The van der Waals surface area contributed by atoms with Crippen LogP contribution in [0.4, 0.5) is 10.1 Å². The molecule has 0 unspecified atom stereocenters. The van der Waals surface area contributed by atoms with Crippen LogP contribution in [0, 0.1) is 5.82 Å². The number of rotatable bonds is 6. The number of hydrogen-bond donors (Lipinski definition) is 1. The van der Waals surface area contributed by atoms with Crippen LogP contribution in [0.3, 0.4) is 0 Å². The quantitative estimate of drug-likeness (QED) is 0.313. The second kappa shape index (κ2) is 9.28. The summed E-state index contributed by atoms with van der Waals surface area (Å²) in [7, 11) is 0. The van der Waals surface area contributed by atoms with Gasteiger partial charge in [-0.1, -0.05) is 29.8 Å². The molecule has 0 aliphatic rings. The van der Waals surface area contributed by atoms with E-state index in [1.807, 2.05) is 26.0 Å². The molecule has 1 N–H and O–H groups in total. The minimum Gasteiger partial charge on any atom is -0.493 e. The maximum Gasteiger partial charge on any atom is 0.248 e. The summed E-state index contributed by atoms with van der Waals surface area (Å²) in [6.45, 7) is 4.20. The highest BCUT2D eigenvalue weighted by molar-refractivity contribution is 6.31. The fourth-order valence-electron chi connectivity index (χ4n) is 3.51. The zero-order valence-electron chi connectivity index (χ0n) is 17.6. The molecule has 0 aliphatic heterocycles.